The largest absolute Gasteiger partial charge is 0.482 e. The Labute approximate surface area is 190 Å². The minimum absolute atomic E-state index is 0.246. The van der Waals surface area contributed by atoms with Crippen molar-refractivity contribution in [3.05, 3.63) is 101 Å². The molecule has 0 radical (unpaired) electrons. The van der Waals surface area contributed by atoms with Crippen LogP contribution in [0.2, 0.25) is 10.0 Å². The Kier molecular flexibility index (Phi) is 7.70. The van der Waals surface area contributed by atoms with Gasteiger partial charge in [0.05, 0.1) is 10.7 Å². The van der Waals surface area contributed by atoms with E-state index in [1.54, 1.807) is 30.3 Å². The molecule has 0 heterocycles. The number of para-hydroxylation sites is 1. The zero-order chi connectivity index (χ0) is 22.2. The van der Waals surface area contributed by atoms with E-state index >= 15 is 0 Å². The van der Waals surface area contributed by atoms with Crippen LogP contribution in [0.25, 0.3) is 0 Å². The maximum Gasteiger partial charge on any atom is 0.349 e. The number of hydrogen-bond acceptors (Lipinski definition) is 4. The molecule has 0 spiro atoms. The SMILES string of the molecule is C=CCc1ccccc1OCC(=O)Oc1ccc(C(=O)Nc2cc(Cl)ccc2Cl)cc1. The molecular formula is C24H19Cl2NO4. The number of allylic oxidation sites excluding steroid dienone is 1. The lowest BCUT2D eigenvalue weighted by Gasteiger charge is -2.11. The molecule has 3 aromatic carbocycles. The van der Waals surface area contributed by atoms with Crippen molar-refractivity contribution in [3.8, 4) is 11.5 Å². The topological polar surface area (TPSA) is 64.6 Å². The molecule has 0 saturated carbocycles. The number of ether oxygens (including phenoxy) is 2. The molecule has 158 valence electrons. The van der Waals surface area contributed by atoms with Crippen molar-refractivity contribution < 1.29 is 19.1 Å². The van der Waals surface area contributed by atoms with E-state index in [1.165, 1.54) is 24.3 Å². The summed E-state index contributed by atoms with van der Waals surface area (Å²) >= 11 is 12.0. The number of rotatable bonds is 8. The highest BCUT2D eigenvalue weighted by atomic mass is 35.5. The van der Waals surface area contributed by atoms with Gasteiger partial charge in [-0.3, -0.25) is 4.79 Å². The number of esters is 1. The lowest BCUT2D eigenvalue weighted by molar-refractivity contribution is -0.136. The number of carbonyl (C=O) groups excluding carboxylic acids is 2. The number of halogens is 2. The third-order valence-corrected chi connectivity index (χ3v) is 4.77. The molecule has 0 unspecified atom stereocenters. The van der Waals surface area contributed by atoms with Gasteiger partial charge in [0, 0.05) is 10.6 Å². The maximum atomic E-state index is 12.4. The van der Waals surface area contributed by atoms with Crippen molar-refractivity contribution in [2.75, 3.05) is 11.9 Å². The van der Waals surface area contributed by atoms with Crippen LogP contribution in [0.3, 0.4) is 0 Å². The van der Waals surface area contributed by atoms with Crippen LogP contribution in [0.1, 0.15) is 15.9 Å². The van der Waals surface area contributed by atoms with Crippen molar-refractivity contribution in [2.45, 2.75) is 6.42 Å². The van der Waals surface area contributed by atoms with E-state index in [-0.39, 0.29) is 12.5 Å². The molecule has 3 aromatic rings. The van der Waals surface area contributed by atoms with E-state index in [1.807, 2.05) is 18.2 Å². The van der Waals surface area contributed by atoms with E-state index in [0.717, 1.165) is 5.56 Å². The molecule has 1 amide bonds. The molecule has 1 N–H and O–H groups in total. The number of benzene rings is 3. The molecule has 0 aliphatic heterocycles. The van der Waals surface area contributed by atoms with Crippen LogP contribution < -0.4 is 14.8 Å². The summed E-state index contributed by atoms with van der Waals surface area (Å²) in [5.41, 5.74) is 1.70. The highest BCUT2D eigenvalue weighted by Crippen LogP contribution is 2.26. The Morgan fingerprint density at radius 3 is 2.48 bits per heavy atom. The summed E-state index contributed by atoms with van der Waals surface area (Å²) in [6.07, 6.45) is 2.40. The monoisotopic (exact) mass is 455 g/mol. The van der Waals surface area contributed by atoms with Gasteiger partial charge >= 0.3 is 5.97 Å². The molecule has 0 atom stereocenters. The molecular weight excluding hydrogens is 437 g/mol. The number of anilines is 1. The van der Waals surface area contributed by atoms with E-state index in [4.69, 9.17) is 32.7 Å². The summed E-state index contributed by atoms with van der Waals surface area (Å²) in [5, 5.41) is 3.52. The van der Waals surface area contributed by atoms with Crippen LogP contribution in [0.4, 0.5) is 5.69 Å². The molecule has 0 aromatic heterocycles. The predicted molar refractivity (Wildman–Crippen MR) is 122 cm³/mol. The highest BCUT2D eigenvalue weighted by molar-refractivity contribution is 6.35. The lowest BCUT2D eigenvalue weighted by atomic mass is 10.1. The first-order chi connectivity index (χ1) is 15.0. The second-order valence-electron chi connectivity index (χ2n) is 6.47. The van der Waals surface area contributed by atoms with E-state index < -0.39 is 5.97 Å². The quantitative estimate of drug-likeness (QED) is 0.258. The van der Waals surface area contributed by atoms with Crippen molar-refractivity contribution in [2.24, 2.45) is 0 Å². The Hall–Kier alpha value is -3.28. The zero-order valence-corrected chi connectivity index (χ0v) is 18.0. The van der Waals surface area contributed by atoms with Crippen LogP contribution in [0.5, 0.6) is 11.5 Å². The van der Waals surface area contributed by atoms with Gasteiger partial charge in [-0.15, -0.1) is 6.58 Å². The molecule has 0 aliphatic rings. The van der Waals surface area contributed by atoms with Gasteiger partial charge in [0.1, 0.15) is 11.5 Å². The Morgan fingerprint density at radius 2 is 1.74 bits per heavy atom. The van der Waals surface area contributed by atoms with Gasteiger partial charge in [-0.25, -0.2) is 4.79 Å². The lowest BCUT2D eigenvalue weighted by Crippen LogP contribution is -2.18. The number of nitrogens with one attached hydrogen (secondary N) is 1. The molecule has 0 bridgehead atoms. The Balaban J connectivity index is 1.56. The maximum absolute atomic E-state index is 12.4. The summed E-state index contributed by atoms with van der Waals surface area (Å²) < 4.78 is 10.8. The minimum Gasteiger partial charge on any atom is -0.482 e. The van der Waals surface area contributed by atoms with Gasteiger partial charge < -0.3 is 14.8 Å². The average molecular weight is 456 g/mol. The van der Waals surface area contributed by atoms with Crippen molar-refractivity contribution in [3.63, 3.8) is 0 Å². The number of hydrogen-bond donors (Lipinski definition) is 1. The average Bonchev–Trinajstić information content (AvgIpc) is 2.76. The minimum atomic E-state index is -0.559. The molecule has 31 heavy (non-hydrogen) atoms. The van der Waals surface area contributed by atoms with Gasteiger partial charge in [-0.1, -0.05) is 47.5 Å². The molecule has 3 rings (SSSR count). The summed E-state index contributed by atoms with van der Waals surface area (Å²) in [7, 11) is 0. The first-order valence-corrected chi connectivity index (χ1v) is 10.1. The normalized spacial score (nSPS) is 10.3. The standard InChI is InChI=1S/C24H19Cl2NO4/c1-2-5-16-6-3-4-7-22(16)30-15-23(28)31-19-11-8-17(9-12-19)24(29)27-21-14-18(25)10-13-20(21)26/h2-4,6-14H,1,5,15H2,(H,27,29). The van der Waals surface area contributed by atoms with Gasteiger partial charge in [-0.2, -0.15) is 0 Å². The Morgan fingerprint density at radius 1 is 1.00 bits per heavy atom. The first-order valence-electron chi connectivity index (χ1n) is 9.35. The van der Waals surface area contributed by atoms with Gasteiger partial charge in [0.15, 0.2) is 6.61 Å². The first kappa shape index (κ1) is 22.4. The molecule has 0 saturated heterocycles. The molecule has 5 nitrogen and oxygen atoms in total. The summed E-state index contributed by atoms with van der Waals surface area (Å²) in [6.45, 7) is 3.46. The highest BCUT2D eigenvalue weighted by Gasteiger charge is 2.12. The molecule has 0 aliphatic carbocycles. The van der Waals surface area contributed by atoms with Crippen molar-refractivity contribution in [1.82, 2.24) is 0 Å². The van der Waals surface area contributed by atoms with Gasteiger partial charge in [0.2, 0.25) is 0 Å². The van der Waals surface area contributed by atoms with Crippen LogP contribution in [0, 0.1) is 0 Å². The van der Waals surface area contributed by atoms with Crippen molar-refractivity contribution >= 4 is 40.8 Å². The third kappa shape index (κ3) is 6.35. The fraction of sp³-hybridized carbons (Fsp3) is 0.0833. The van der Waals surface area contributed by atoms with E-state index in [2.05, 4.69) is 11.9 Å². The Bertz CT molecular complexity index is 1100. The fourth-order valence-electron chi connectivity index (χ4n) is 2.73. The van der Waals surface area contributed by atoms with Gasteiger partial charge in [0.25, 0.3) is 5.91 Å². The second-order valence-corrected chi connectivity index (χ2v) is 7.31. The number of carbonyl (C=O) groups is 2. The molecule has 0 fully saturated rings. The predicted octanol–water partition coefficient (Wildman–Crippen LogP) is 5.96. The second kappa shape index (κ2) is 10.7. The van der Waals surface area contributed by atoms with Crippen LogP contribution in [-0.2, 0) is 11.2 Å². The van der Waals surface area contributed by atoms with E-state index in [0.29, 0.717) is 39.2 Å². The van der Waals surface area contributed by atoms with Gasteiger partial charge in [-0.05, 0) is 60.5 Å². The third-order valence-electron chi connectivity index (χ3n) is 4.21. The summed E-state index contributed by atoms with van der Waals surface area (Å²) in [6, 6.07) is 18.3. The summed E-state index contributed by atoms with van der Waals surface area (Å²) in [5.74, 6) is -0.0307. The van der Waals surface area contributed by atoms with Crippen LogP contribution in [0.15, 0.2) is 79.4 Å². The zero-order valence-electron chi connectivity index (χ0n) is 16.4. The van der Waals surface area contributed by atoms with Crippen LogP contribution >= 0.6 is 23.2 Å². The fourth-order valence-corrected chi connectivity index (χ4v) is 3.07. The number of amides is 1. The van der Waals surface area contributed by atoms with Crippen LogP contribution in [-0.4, -0.2) is 18.5 Å². The molecule has 7 heteroatoms. The van der Waals surface area contributed by atoms with E-state index in [9.17, 15) is 9.59 Å². The van der Waals surface area contributed by atoms with Crippen molar-refractivity contribution in [1.29, 1.82) is 0 Å². The smallest absolute Gasteiger partial charge is 0.349 e. The summed E-state index contributed by atoms with van der Waals surface area (Å²) in [4.78, 5) is 24.5.